The molecule has 3 heterocycles. The molecule has 0 saturated carbocycles. The number of halogens is 2. The third-order valence-corrected chi connectivity index (χ3v) is 8.62. The Bertz CT molecular complexity index is 1450. The molecule has 1 atom stereocenters. The van der Waals surface area contributed by atoms with Crippen LogP contribution in [0.3, 0.4) is 0 Å². The van der Waals surface area contributed by atoms with Crippen LogP contribution in [0.15, 0.2) is 42.0 Å². The number of hydrogen-bond donors (Lipinski definition) is 1. The third-order valence-electron chi connectivity index (χ3n) is 8.62. The van der Waals surface area contributed by atoms with E-state index in [4.69, 9.17) is 0 Å². The molecule has 2 fully saturated rings. The number of hydrogen-bond acceptors (Lipinski definition) is 5. The van der Waals surface area contributed by atoms with E-state index < -0.39 is 23.7 Å². The van der Waals surface area contributed by atoms with Crippen LogP contribution in [-0.2, 0) is 27.5 Å². The zero-order valence-electron chi connectivity index (χ0n) is 22.8. The fraction of sp³-hybridized carbons (Fsp3) is 0.419. The number of fused-ring (bicyclic) bond motifs is 1. The number of amides is 4. The van der Waals surface area contributed by atoms with E-state index in [0.29, 0.717) is 44.7 Å². The first-order chi connectivity index (χ1) is 19.8. The van der Waals surface area contributed by atoms with Gasteiger partial charge in [0.05, 0.1) is 5.56 Å². The second-order valence-electron chi connectivity index (χ2n) is 11.3. The van der Waals surface area contributed by atoms with E-state index in [9.17, 15) is 23.6 Å². The molecule has 6 rings (SSSR count). The summed E-state index contributed by atoms with van der Waals surface area (Å²) in [6, 6.07) is 8.77. The summed E-state index contributed by atoms with van der Waals surface area (Å²) in [5.74, 6) is -2.28. The van der Waals surface area contributed by atoms with Crippen LogP contribution >= 0.6 is 0 Å². The largest absolute Gasteiger partial charge is 0.336 e. The number of carbonyl (C=O) groups excluding carboxylic acids is 4. The molecule has 2 saturated heterocycles. The predicted molar refractivity (Wildman–Crippen MR) is 146 cm³/mol. The topological polar surface area (TPSA) is 90.0 Å². The van der Waals surface area contributed by atoms with Gasteiger partial charge in [0.15, 0.2) is 0 Å². The van der Waals surface area contributed by atoms with Gasteiger partial charge in [-0.3, -0.25) is 29.4 Å². The molecule has 4 amide bonds. The zero-order valence-corrected chi connectivity index (χ0v) is 22.8. The van der Waals surface area contributed by atoms with Crippen molar-refractivity contribution in [3.63, 3.8) is 0 Å². The Morgan fingerprint density at radius 3 is 2.39 bits per heavy atom. The minimum atomic E-state index is -0.788. The van der Waals surface area contributed by atoms with Gasteiger partial charge in [-0.25, -0.2) is 8.78 Å². The summed E-state index contributed by atoms with van der Waals surface area (Å²) in [4.78, 5) is 55.7. The Morgan fingerprint density at radius 1 is 0.927 bits per heavy atom. The Morgan fingerprint density at radius 2 is 1.66 bits per heavy atom. The van der Waals surface area contributed by atoms with E-state index in [1.807, 2.05) is 11.0 Å². The van der Waals surface area contributed by atoms with Gasteiger partial charge in [0.25, 0.3) is 5.91 Å². The summed E-state index contributed by atoms with van der Waals surface area (Å²) >= 11 is 0. The molecule has 4 aliphatic rings. The summed E-state index contributed by atoms with van der Waals surface area (Å²) in [5, 5.41) is 2.26. The number of piperidine rings is 1. The van der Waals surface area contributed by atoms with Gasteiger partial charge in [-0.15, -0.1) is 0 Å². The second kappa shape index (κ2) is 11.2. The number of carbonyl (C=O) groups is 4. The summed E-state index contributed by atoms with van der Waals surface area (Å²) in [5.41, 5.74) is 4.00. The van der Waals surface area contributed by atoms with Crippen molar-refractivity contribution < 1.29 is 28.0 Å². The highest BCUT2D eigenvalue weighted by Gasteiger charge is 2.40. The van der Waals surface area contributed by atoms with Gasteiger partial charge in [0.1, 0.15) is 17.7 Å². The van der Waals surface area contributed by atoms with E-state index >= 15 is 4.39 Å². The number of allylic oxidation sites excluding steroid dienone is 1. The summed E-state index contributed by atoms with van der Waals surface area (Å²) in [7, 11) is 0. The molecule has 8 nitrogen and oxygen atoms in total. The lowest BCUT2D eigenvalue weighted by molar-refractivity contribution is -0.137. The van der Waals surface area contributed by atoms with Crippen molar-refractivity contribution in [1.82, 2.24) is 20.0 Å². The lowest BCUT2D eigenvalue weighted by atomic mass is 9.86. The lowest BCUT2D eigenvalue weighted by Crippen LogP contribution is -2.52. The molecule has 2 aromatic rings. The van der Waals surface area contributed by atoms with E-state index in [1.165, 1.54) is 23.1 Å². The van der Waals surface area contributed by atoms with Crippen LogP contribution < -0.4 is 5.32 Å². The van der Waals surface area contributed by atoms with E-state index in [1.54, 1.807) is 12.1 Å². The average molecular weight is 563 g/mol. The van der Waals surface area contributed by atoms with Crippen LogP contribution in [0, 0.1) is 11.6 Å². The van der Waals surface area contributed by atoms with Crippen molar-refractivity contribution in [1.29, 1.82) is 0 Å². The molecular weight excluding hydrogens is 530 g/mol. The van der Waals surface area contributed by atoms with Gasteiger partial charge in [0.2, 0.25) is 17.7 Å². The molecule has 41 heavy (non-hydrogen) atoms. The minimum Gasteiger partial charge on any atom is -0.336 e. The molecule has 0 radical (unpaired) electrons. The Labute approximate surface area is 237 Å². The molecule has 1 aliphatic carbocycles. The highest BCUT2D eigenvalue weighted by Crippen LogP contribution is 2.34. The molecule has 214 valence electrons. The van der Waals surface area contributed by atoms with Crippen molar-refractivity contribution in [2.24, 2.45) is 0 Å². The summed E-state index contributed by atoms with van der Waals surface area (Å²) in [6.45, 7) is 2.96. The quantitative estimate of drug-likeness (QED) is 0.565. The van der Waals surface area contributed by atoms with Crippen molar-refractivity contribution in [3.8, 4) is 0 Å². The number of imide groups is 1. The van der Waals surface area contributed by atoms with Crippen LogP contribution in [0.2, 0.25) is 0 Å². The van der Waals surface area contributed by atoms with E-state index in [2.05, 4.69) is 10.2 Å². The van der Waals surface area contributed by atoms with Crippen LogP contribution in [-0.4, -0.2) is 70.5 Å². The normalized spacial score (nSPS) is 21.8. The molecule has 1 N–H and O–H groups in total. The molecule has 1 unspecified atom stereocenters. The van der Waals surface area contributed by atoms with Crippen LogP contribution in [0.25, 0.3) is 5.57 Å². The number of benzene rings is 2. The first kappa shape index (κ1) is 27.3. The fourth-order valence-corrected chi connectivity index (χ4v) is 6.48. The maximum Gasteiger partial charge on any atom is 0.258 e. The zero-order chi connectivity index (χ0) is 28.7. The molecule has 2 aromatic carbocycles. The van der Waals surface area contributed by atoms with Crippen molar-refractivity contribution >= 4 is 29.2 Å². The van der Waals surface area contributed by atoms with Gasteiger partial charge in [-0.2, -0.15) is 0 Å². The van der Waals surface area contributed by atoms with E-state index in [-0.39, 0.29) is 42.6 Å². The first-order valence-electron chi connectivity index (χ1n) is 14.2. The second-order valence-corrected chi connectivity index (χ2v) is 11.3. The van der Waals surface area contributed by atoms with Crippen LogP contribution in [0.5, 0.6) is 0 Å². The van der Waals surface area contributed by atoms with Crippen molar-refractivity contribution in [3.05, 3.63) is 75.9 Å². The average Bonchev–Trinajstić information content (AvgIpc) is 3.29. The Kier molecular flexibility index (Phi) is 7.42. The number of piperazine rings is 1. The molecule has 0 aromatic heterocycles. The third kappa shape index (κ3) is 5.40. The molecule has 3 aliphatic heterocycles. The maximum atomic E-state index is 15.1. The number of nitrogens with one attached hydrogen (secondary N) is 1. The standard InChI is InChI=1S/C31H32F2N4O4/c32-22-7-5-20(6-8-22)23-3-1-2-4-24(23)30(40)36-13-11-35(12-14-36)17-19-15-21-18-37(31(41)28(21)25(33)16-19)26-9-10-27(38)34-29(26)39/h5-8,15-16,26H,1-4,9-14,17-18H2,(H,34,38,39). The van der Waals surface area contributed by atoms with E-state index in [0.717, 1.165) is 41.5 Å². The molecular formula is C31H32F2N4O4. The highest BCUT2D eigenvalue weighted by atomic mass is 19.1. The molecule has 10 heteroatoms. The lowest BCUT2D eigenvalue weighted by Gasteiger charge is -2.36. The van der Waals surface area contributed by atoms with Crippen molar-refractivity contribution in [2.75, 3.05) is 26.2 Å². The van der Waals surface area contributed by atoms with Crippen molar-refractivity contribution in [2.45, 2.75) is 57.7 Å². The van der Waals surface area contributed by atoms with Crippen LogP contribution in [0.4, 0.5) is 8.78 Å². The number of rotatable bonds is 5. The minimum absolute atomic E-state index is 0.00779. The van der Waals surface area contributed by atoms with Gasteiger partial charge in [0, 0.05) is 51.3 Å². The fourth-order valence-electron chi connectivity index (χ4n) is 6.48. The summed E-state index contributed by atoms with van der Waals surface area (Å²) in [6.07, 6.45) is 3.85. The smallest absolute Gasteiger partial charge is 0.258 e. The monoisotopic (exact) mass is 562 g/mol. The van der Waals surface area contributed by atoms with Crippen LogP contribution in [0.1, 0.15) is 65.6 Å². The maximum absolute atomic E-state index is 15.1. The Hall–Kier alpha value is -3.92. The van der Waals surface area contributed by atoms with Gasteiger partial charge < -0.3 is 9.80 Å². The predicted octanol–water partition coefficient (Wildman–Crippen LogP) is 3.40. The highest BCUT2D eigenvalue weighted by molar-refractivity contribution is 6.05. The SMILES string of the molecule is O=C1CCC(N2Cc3cc(CN4CCN(C(=O)C5=C(c6ccc(F)cc6)CCCC5)CC4)cc(F)c3C2=O)C(=O)N1. The Balaban J connectivity index is 1.10. The van der Waals surface area contributed by atoms with Gasteiger partial charge in [-0.05, 0) is 72.6 Å². The summed E-state index contributed by atoms with van der Waals surface area (Å²) < 4.78 is 28.6. The van der Waals surface area contributed by atoms with Gasteiger partial charge in [-0.1, -0.05) is 18.2 Å². The number of nitrogens with zero attached hydrogens (tertiary/aromatic N) is 3. The van der Waals surface area contributed by atoms with Gasteiger partial charge >= 0.3 is 0 Å². The molecule has 0 spiro atoms. The molecule has 0 bridgehead atoms. The first-order valence-corrected chi connectivity index (χ1v) is 14.2.